The number of carboxylic acid groups (broad SMARTS) is 1. The molecule has 0 heterocycles. The molecule has 14 heteroatoms. The van der Waals surface area contributed by atoms with Crippen LogP contribution in [0.1, 0.15) is 29.3 Å². The molecule has 0 unspecified atom stereocenters. The molecule has 0 aromatic heterocycles. The zero-order valence-electron chi connectivity index (χ0n) is 13.0. The van der Waals surface area contributed by atoms with Crippen LogP contribution in [0.25, 0.3) is 0 Å². The molecule has 1 rings (SSSR count). The maximum Gasteiger partial charge on any atom is 0.430 e. The van der Waals surface area contributed by atoms with E-state index >= 15 is 0 Å². The standard InChI is InChI=1S/C11H18BNO10PS/c1-2-10(12(16,17)23-24(18,19)20)13-25(21,22)7-8-4-3-5-9(6-8)11(14)15/h3-6,10,13,16-17H,2,7H2,1H3,(H,14,15)(H2,18,19,20)/q-1/t10-/m1/s1. The molecule has 0 bridgehead atoms. The molecule has 0 aliphatic rings. The number of nitrogens with one attached hydrogen (secondary N) is 1. The lowest BCUT2D eigenvalue weighted by atomic mass is 9.69. The van der Waals surface area contributed by atoms with E-state index in [2.05, 4.69) is 4.44 Å². The van der Waals surface area contributed by atoms with Crippen molar-refractivity contribution in [1.82, 2.24) is 4.72 Å². The Kier molecular flexibility index (Phi) is 6.90. The Hall–Kier alpha value is -1.31. The largest absolute Gasteiger partial charge is 0.558 e. The predicted molar refractivity (Wildman–Crippen MR) is 86.6 cm³/mol. The van der Waals surface area contributed by atoms with E-state index in [4.69, 9.17) is 14.9 Å². The summed E-state index contributed by atoms with van der Waals surface area (Å²) in [6.45, 7) is -2.84. The van der Waals surface area contributed by atoms with Gasteiger partial charge >= 0.3 is 20.5 Å². The lowest BCUT2D eigenvalue weighted by Crippen LogP contribution is -2.58. The van der Waals surface area contributed by atoms with E-state index in [1.165, 1.54) is 25.1 Å². The highest BCUT2D eigenvalue weighted by Crippen LogP contribution is 2.39. The molecule has 0 saturated carbocycles. The second-order valence-corrected chi connectivity index (χ2v) is 8.20. The number of phosphoric acid groups is 1. The lowest BCUT2D eigenvalue weighted by molar-refractivity contribution is 0.0696. The predicted octanol–water partition coefficient (Wildman–Crippen LogP) is -0.845. The zero-order chi connectivity index (χ0) is 19.5. The second-order valence-electron chi connectivity index (χ2n) is 5.25. The van der Waals surface area contributed by atoms with E-state index in [-0.39, 0.29) is 17.5 Å². The summed E-state index contributed by atoms with van der Waals surface area (Å²) in [6, 6.07) is 5.10. The monoisotopic (exact) mass is 398 g/mol. The number of hydrogen-bond acceptors (Lipinski definition) is 7. The van der Waals surface area contributed by atoms with Crippen LogP contribution in [0.2, 0.25) is 0 Å². The molecular formula is C11H18BNO10PS-. The quantitative estimate of drug-likeness (QED) is 0.226. The maximum atomic E-state index is 12.1. The molecule has 0 fully saturated rings. The molecule has 1 atom stereocenters. The van der Waals surface area contributed by atoms with Crippen molar-refractivity contribution in [2.45, 2.75) is 25.0 Å². The van der Waals surface area contributed by atoms with Gasteiger partial charge < -0.3 is 29.4 Å². The summed E-state index contributed by atoms with van der Waals surface area (Å²) < 4.78 is 40.8. The molecule has 1 aromatic carbocycles. The van der Waals surface area contributed by atoms with Gasteiger partial charge in [0.1, 0.15) is 0 Å². The van der Waals surface area contributed by atoms with Gasteiger partial charge in [0.15, 0.2) is 0 Å². The third-order valence-corrected chi connectivity index (χ3v) is 5.08. The third kappa shape index (κ3) is 7.22. The van der Waals surface area contributed by atoms with Crippen LogP contribution in [0.3, 0.4) is 0 Å². The van der Waals surface area contributed by atoms with Crippen molar-refractivity contribution in [2.24, 2.45) is 0 Å². The van der Waals surface area contributed by atoms with Crippen LogP contribution in [0.4, 0.5) is 0 Å². The first-order valence-electron chi connectivity index (χ1n) is 6.93. The number of benzene rings is 1. The van der Waals surface area contributed by atoms with E-state index < -0.39 is 42.3 Å². The Morgan fingerprint density at radius 2 is 1.96 bits per heavy atom. The minimum atomic E-state index is -5.28. The molecule has 0 radical (unpaired) electrons. The fraction of sp³-hybridized carbons (Fsp3) is 0.364. The van der Waals surface area contributed by atoms with Gasteiger partial charge in [-0.3, -0.25) is 0 Å². The van der Waals surface area contributed by atoms with Crippen molar-refractivity contribution >= 4 is 30.6 Å². The number of aromatic carboxylic acids is 1. The summed E-state index contributed by atoms with van der Waals surface area (Å²) in [5.74, 6) is -3.66. The number of rotatable bonds is 9. The molecule has 11 nitrogen and oxygen atoms in total. The summed E-state index contributed by atoms with van der Waals surface area (Å²) >= 11 is 0. The SMILES string of the molecule is CC[C@@H](NS(=O)(=O)Cc1cccc(C(=O)O)c1)[B-](O)(O)OP(=O)(O)O. The molecule has 0 saturated heterocycles. The lowest BCUT2D eigenvalue weighted by Gasteiger charge is -2.36. The summed E-state index contributed by atoms with van der Waals surface area (Å²) in [4.78, 5) is 28.2. The second kappa shape index (κ2) is 7.93. The number of carbonyl (C=O) groups is 1. The van der Waals surface area contributed by atoms with Gasteiger partial charge in [-0.15, -0.1) is 0 Å². The van der Waals surface area contributed by atoms with Gasteiger partial charge in [-0.2, -0.15) is 0 Å². The van der Waals surface area contributed by atoms with Crippen LogP contribution in [-0.2, 0) is 24.8 Å². The summed E-state index contributed by atoms with van der Waals surface area (Å²) in [7, 11) is -9.48. The van der Waals surface area contributed by atoms with Gasteiger partial charge in [-0.05, 0) is 23.6 Å². The van der Waals surface area contributed by atoms with Gasteiger partial charge in [0, 0.05) is 0 Å². The molecule has 0 aliphatic carbocycles. The fourth-order valence-electron chi connectivity index (χ4n) is 2.04. The van der Waals surface area contributed by atoms with E-state index in [9.17, 15) is 27.8 Å². The molecular weight excluding hydrogens is 380 g/mol. The Labute approximate surface area is 143 Å². The van der Waals surface area contributed by atoms with Crippen molar-refractivity contribution in [3.05, 3.63) is 35.4 Å². The van der Waals surface area contributed by atoms with E-state index in [0.29, 0.717) is 0 Å². The van der Waals surface area contributed by atoms with Gasteiger partial charge in [0.25, 0.3) is 0 Å². The smallest absolute Gasteiger partial charge is 0.430 e. The molecule has 0 spiro atoms. The Morgan fingerprint density at radius 1 is 1.36 bits per heavy atom. The minimum Gasteiger partial charge on any atom is -0.558 e. The minimum absolute atomic E-state index is 0.118. The molecule has 25 heavy (non-hydrogen) atoms. The number of sulfonamides is 1. The topological polar surface area (TPSA) is 191 Å². The van der Waals surface area contributed by atoms with E-state index in [1.807, 2.05) is 4.72 Å². The van der Waals surface area contributed by atoms with Gasteiger partial charge in [-0.1, -0.05) is 25.5 Å². The molecule has 0 aliphatic heterocycles. The maximum absolute atomic E-state index is 12.1. The van der Waals surface area contributed by atoms with Crippen LogP contribution < -0.4 is 4.72 Å². The zero-order valence-corrected chi connectivity index (χ0v) is 14.7. The summed E-state index contributed by atoms with van der Waals surface area (Å²) in [5.41, 5.74) is -0.0143. The van der Waals surface area contributed by atoms with Crippen LogP contribution in [0.5, 0.6) is 0 Å². The average Bonchev–Trinajstić information content (AvgIpc) is 2.41. The van der Waals surface area contributed by atoms with E-state index in [1.54, 1.807) is 0 Å². The van der Waals surface area contributed by atoms with Crippen molar-refractivity contribution < 1.29 is 47.2 Å². The highest BCUT2D eigenvalue weighted by Gasteiger charge is 2.38. The molecule has 6 N–H and O–H groups in total. The number of hydrogen-bond donors (Lipinski definition) is 6. The van der Waals surface area contributed by atoms with Crippen LogP contribution >= 0.6 is 7.82 Å². The first-order valence-corrected chi connectivity index (χ1v) is 10.1. The first kappa shape index (κ1) is 21.7. The average molecular weight is 398 g/mol. The molecule has 142 valence electrons. The summed E-state index contributed by atoms with van der Waals surface area (Å²) in [5, 5.41) is 28.2. The molecule has 1 aromatic rings. The van der Waals surface area contributed by atoms with Gasteiger partial charge in [0.05, 0.1) is 11.3 Å². The van der Waals surface area contributed by atoms with Crippen molar-refractivity contribution in [3.63, 3.8) is 0 Å². The fourth-order valence-corrected chi connectivity index (χ4v) is 4.10. The van der Waals surface area contributed by atoms with Crippen LogP contribution in [0.15, 0.2) is 24.3 Å². The highest BCUT2D eigenvalue weighted by molar-refractivity contribution is 7.88. The highest BCUT2D eigenvalue weighted by atomic mass is 32.2. The molecule has 0 amide bonds. The van der Waals surface area contributed by atoms with Crippen molar-refractivity contribution in [1.29, 1.82) is 0 Å². The summed E-state index contributed by atoms with van der Waals surface area (Å²) in [6.07, 6.45) is -0.249. The van der Waals surface area contributed by atoms with Crippen molar-refractivity contribution in [2.75, 3.05) is 0 Å². The normalized spacial score (nSPS) is 14.3. The third-order valence-electron chi connectivity index (χ3n) is 3.12. The Balaban J connectivity index is 2.96. The van der Waals surface area contributed by atoms with Crippen LogP contribution in [0, 0.1) is 0 Å². The first-order chi connectivity index (χ1) is 11.3. The van der Waals surface area contributed by atoms with Crippen molar-refractivity contribution in [3.8, 4) is 0 Å². The van der Waals surface area contributed by atoms with E-state index in [0.717, 1.165) is 6.07 Å². The van der Waals surface area contributed by atoms with Gasteiger partial charge in [0.2, 0.25) is 10.0 Å². The Bertz CT molecular complexity index is 777. The number of carboxylic acids is 1. The Morgan fingerprint density at radius 3 is 2.44 bits per heavy atom. The van der Waals surface area contributed by atoms with Crippen LogP contribution in [-0.4, -0.2) is 52.0 Å². The van der Waals surface area contributed by atoms with Gasteiger partial charge in [-0.25, -0.2) is 22.5 Å².